The smallest absolute Gasteiger partial charge is 0.294 e. The highest BCUT2D eigenvalue weighted by atomic mass is 16.5. The molecule has 1 aliphatic carbocycles. The van der Waals surface area contributed by atoms with E-state index in [1.165, 1.54) is 25.7 Å². The normalized spacial score (nSPS) is 22.1. The van der Waals surface area contributed by atoms with Crippen LogP contribution in [0, 0.1) is 5.92 Å². The Hall–Kier alpha value is -2.05. The van der Waals surface area contributed by atoms with Crippen LogP contribution in [-0.2, 0) is 14.9 Å². The lowest BCUT2D eigenvalue weighted by Gasteiger charge is -2.47. The highest BCUT2D eigenvalue weighted by Gasteiger charge is 2.47. The predicted molar refractivity (Wildman–Crippen MR) is 134 cm³/mol. The van der Waals surface area contributed by atoms with Gasteiger partial charge in [0.2, 0.25) is 0 Å². The van der Waals surface area contributed by atoms with Crippen molar-refractivity contribution in [2.24, 2.45) is 5.92 Å². The zero-order valence-electron chi connectivity index (χ0n) is 21.5. The molecular weight excluding hydrogens is 430 g/mol. The van der Waals surface area contributed by atoms with Gasteiger partial charge in [0.1, 0.15) is 23.8 Å². The van der Waals surface area contributed by atoms with Crippen LogP contribution in [0.3, 0.4) is 0 Å². The molecule has 6 nitrogen and oxygen atoms in total. The standard InChI is InChI=1S/C28H43NO5/c1-6-7-8-9-12-27(2,3)20-14-23(31)26-21-13-19(24(32)16-29-17-33-18-30)10-11-22(21)28(4,5)34-25(26)15-20/h10,14-15,18,21-22,24,29,31-32H,6-9,11-13,16-17H2,1-5H3/t21?,22-,24?/m1/s1. The summed E-state index contributed by atoms with van der Waals surface area (Å²) in [6, 6.07) is 4.07. The molecule has 6 heteroatoms. The van der Waals surface area contributed by atoms with Crippen molar-refractivity contribution in [2.75, 3.05) is 13.3 Å². The molecule has 190 valence electrons. The fourth-order valence-electron chi connectivity index (χ4n) is 5.64. The molecule has 1 aromatic rings. The van der Waals surface area contributed by atoms with Crippen LogP contribution in [0.4, 0.5) is 0 Å². The molecule has 1 aromatic carbocycles. The number of phenols is 1. The van der Waals surface area contributed by atoms with Crippen LogP contribution in [0.15, 0.2) is 23.8 Å². The van der Waals surface area contributed by atoms with E-state index in [2.05, 4.69) is 56.8 Å². The van der Waals surface area contributed by atoms with Gasteiger partial charge in [-0.25, -0.2) is 0 Å². The predicted octanol–water partition coefficient (Wildman–Crippen LogP) is 5.31. The second-order valence-corrected chi connectivity index (χ2v) is 11.1. The van der Waals surface area contributed by atoms with Gasteiger partial charge in [-0.3, -0.25) is 10.1 Å². The lowest BCUT2D eigenvalue weighted by molar-refractivity contribution is -0.129. The van der Waals surface area contributed by atoms with Crippen molar-refractivity contribution in [3.8, 4) is 11.5 Å². The van der Waals surface area contributed by atoms with E-state index in [4.69, 9.17) is 4.74 Å². The molecule has 0 radical (unpaired) electrons. The van der Waals surface area contributed by atoms with Gasteiger partial charge in [0.05, 0.1) is 6.10 Å². The van der Waals surface area contributed by atoms with Crippen molar-refractivity contribution in [1.29, 1.82) is 0 Å². The maximum atomic E-state index is 11.2. The van der Waals surface area contributed by atoms with Crippen LogP contribution >= 0.6 is 0 Å². The van der Waals surface area contributed by atoms with Crippen LogP contribution < -0.4 is 10.1 Å². The molecule has 34 heavy (non-hydrogen) atoms. The number of unbranched alkanes of at least 4 members (excludes halogenated alkanes) is 3. The van der Waals surface area contributed by atoms with E-state index < -0.39 is 6.10 Å². The molecule has 0 fully saturated rings. The summed E-state index contributed by atoms with van der Waals surface area (Å²) in [4.78, 5) is 10.3. The summed E-state index contributed by atoms with van der Waals surface area (Å²) in [5.41, 5.74) is 2.50. The molecule has 0 spiro atoms. The van der Waals surface area contributed by atoms with Gasteiger partial charge in [0, 0.05) is 23.9 Å². The second-order valence-electron chi connectivity index (χ2n) is 11.1. The summed E-state index contributed by atoms with van der Waals surface area (Å²) in [7, 11) is 0. The van der Waals surface area contributed by atoms with Gasteiger partial charge in [0.25, 0.3) is 6.47 Å². The number of allylic oxidation sites excluding steroid dienone is 1. The van der Waals surface area contributed by atoms with Crippen molar-refractivity contribution in [3.63, 3.8) is 0 Å². The van der Waals surface area contributed by atoms with Gasteiger partial charge in [-0.2, -0.15) is 0 Å². The highest BCUT2D eigenvalue weighted by molar-refractivity contribution is 5.54. The van der Waals surface area contributed by atoms with E-state index in [-0.39, 0.29) is 29.6 Å². The summed E-state index contributed by atoms with van der Waals surface area (Å²) in [5.74, 6) is 1.35. The minimum absolute atomic E-state index is 0.0479. The zero-order valence-corrected chi connectivity index (χ0v) is 21.5. The molecule has 0 bridgehead atoms. The SMILES string of the molecule is CCCCCCC(C)(C)c1cc(O)c2c(c1)OC(C)(C)[C@@H]1CC=C(C(O)CNCOC=O)CC21. The van der Waals surface area contributed by atoms with Crippen molar-refractivity contribution in [2.45, 2.75) is 103 Å². The Kier molecular flexibility index (Phi) is 8.69. The number of carbonyl (C=O) groups is 1. The lowest BCUT2D eigenvalue weighted by Crippen LogP contribution is -2.46. The third-order valence-corrected chi connectivity index (χ3v) is 7.79. The molecule has 2 aliphatic rings. The number of rotatable bonds is 12. The number of aromatic hydroxyl groups is 1. The highest BCUT2D eigenvalue weighted by Crippen LogP contribution is 2.55. The Labute approximate surface area is 204 Å². The Bertz CT molecular complexity index is 876. The average molecular weight is 474 g/mol. The van der Waals surface area contributed by atoms with E-state index >= 15 is 0 Å². The van der Waals surface area contributed by atoms with Crippen LogP contribution in [0.5, 0.6) is 11.5 Å². The minimum atomic E-state index is -0.672. The molecule has 3 atom stereocenters. The summed E-state index contributed by atoms with van der Waals surface area (Å²) < 4.78 is 11.2. The second kappa shape index (κ2) is 11.1. The Morgan fingerprint density at radius 1 is 1.29 bits per heavy atom. The number of hydrogen-bond acceptors (Lipinski definition) is 6. The van der Waals surface area contributed by atoms with E-state index in [0.717, 1.165) is 35.3 Å². The van der Waals surface area contributed by atoms with Crippen molar-refractivity contribution in [1.82, 2.24) is 5.32 Å². The third kappa shape index (κ3) is 5.95. The maximum Gasteiger partial charge on any atom is 0.294 e. The number of carbonyl (C=O) groups excluding carboxylic acids is 1. The quantitative estimate of drug-likeness (QED) is 0.165. The summed E-state index contributed by atoms with van der Waals surface area (Å²) >= 11 is 0. The number of hydrogen-bond donors (Lipinski definition) is 3. The molecule has 3 N–H and O–H groups in total. The third-order valence-electron chi connectivity index (χ3n) is 7.79. The number of benzene rings is 1. The van der Waals surface area contributed by atoms with E-state index in [1.807, 2.05) is 6.07 Å². The largest absolute Gasteiger partial charge is 0.508 e. The van der Waals surface area contributed by atoms with E-state index in [1.54, 1.807) is 0 Å². The molecule has 0 aromatic heterocycles. The van der Waals surface area contributed by atoms with Crippen LogP contribution in [0.2, 0.25) is 0 Å². The van der Waals surface area contributed by atoms with E-state index in [0.29, 0.717) is 25.2 Å². The molecule has 1 aliphatic heterocycles. The van der Waals surface area contributed by atoms with E-state index in [9.17, 15) is 15.0 Å². The molecule has 2 unspecified atom stereocenters. The molecule has 0 saturated carbocycles. The van der Waals surface area contributed by atoms with Crippen molar-refractivity contribution in [3.05, 3.63) is 34.9 Å². The average Bonchev–Trinajstić information content (AvgIpc) is 2.78. The molecule has 0 saturated heterocycles. The number of fused-ring (bicyclic) bond motifs is 3. The minimum Gasteiger partial charge on any atom is -0.508 e. The lowest BCUT2D eigenvalue weighted by atomic mass is 9.66. The maximum absolute atomic E-state index is 11.2. The topological polar surface area (TPSA) is 88.0 Å². The van der Waals surface area contributed by atoms with Gasteiger partial charge in [-0.05, 0) is 61.8 Å². The number of aliphatic hydroxyl groups excluding tert-OH is 1. The Morgan fingerprint density at radius 3 is 2.76 bits per heavy atom. The number of aliphatic hydroxyl groups is 1. The Morgan fingerprint density at radius 2 is 2.06 bits per heavy atom. The van der Waals surface area contributed by atoms with Gasteiger partial charge in [-0.15, -0.1) is 0 Å². The first-order valence-electron chi connectivity index (χ1n) is 12.8. The summed E-state index contributed by atoms with van der Waals surface area (Å²) in [5, 5.41) is 24.9. The Balaban J connectivity index is 1.83. The van der Waals surface area contributed by atoms with Crippen molar-refractivity contribution < 1.29 is 24.5 Å². The summed E-state index contributed by atoms with van der Waals surface area (Å²) in [6.45, 7) is 11.7. The molecule has 0 amide bonds. The number of ether oxygens (including phenoxy) is 2. The van der Waals surface area contributed by atoms with Crippen LogP contribution in [0.1, 0.15) is 96.6 Å². The fraction of sp³-hybridized carbons (Fsp3) is 0.679. The van der Waals surface area contributed by atoms with Gasteiger partial charge >= 0.3 is 0 Å². The van der Waals surface area contributed by atoms with Crippen LogP contribution in [0.25, 0.3) is 0 Å². The molecule has 3 rings (SSSR count). The first-order chi connectivity index (χ1) is 16.1. The van der Waals surface area contributed by atoms with Gasteiger partial charge < -0.3 is 19.7 Å². The fourth-order valence-corrected chi connectivity index (χ4v) is 5.64. The zero-order chi connectivity index (χ0) is 24.9. The number of nitrogens with one attached hydrogen (secondary N) is 1. The number of phenolic OH excluding ortho intramolecular Hbond substituents is 1. The molecule has 1 heterocycles. The monoisotopic (exact) mass is 473 g/mol. The van der Waals surface area contributed by atoms with Crippen LogP contribution in [-0.4, -0.2) is 41.7 Å². The van der Waals surface area contributed by atoms with Crippen molar-refractivity contribution >= 4 is 6.47 Å². The van der Waals surface area contributed by atoms with Gasteiger partial charge in [0.15, 0.2) is 0 Å². The summed E-state index contributed by atoms with van der Waals surface area (Å²) in [6.07, 6.45) is 8.83. The molecular formula is C28H43NO5. The van der Waals surface area contributed by atoms with Gasteiger partial charge in [-0.1, -0.05) is 52.5 Å². The first-order valence-corrected chi connectivity index (χ1v) is 12.8. The first kappa shape index (κ1) is 26.6.